The SMILES string of the molecule is CCOC(=O)C(C#N)C(Cc1ccccc1)C1CCOC(C)(C)C1. The molecule has 0 aromatic heterocycles. The molecule has 1 saturated heterocycles. The van der Waals surface area contributed by atoms with E-state index in [-0.39, 0.29) is 17.4 Å². The van der Waals surface area contributed by atoms with Crippen molar-refractivity contribution in [2.75, 3.05) is 13.2 Å². The molecule has 0 amide bonds. The molecule has 0 N–H and O–H groups in total. The van der Waals surface area contributed by atoms with Gasteiger partial charge in [0.05, 0.1) is 18.3 Å². The lowest BCUT2D eigenvalue weighted by molar-refractivity contribution is -0.150. The molecular formula is C20H27NO3. The molecule has 1 heterocycles. The highest BCUT2D eigenvalue weighted by Gasteiger charge is 2.40. The summed E-state index contributed by atoms with van der Waals surface area (Å²) in [6, 6.07) is 12.3. The Morgan fingerprint density at radius 1 is 1.42 bits per heavy atom. The Morgan fingerprint density at radius 3 is 2.71 bits per heavy atom. The van der Waals surface area contributed by atoms with Crippen molar-refractivity contribution >= 4 is 5.97 Å². The highest BCUT2D eigenvalue weighted by Crippen LogP contribution is 2.38. The minimum absolute atomic E-state index is 0.0559. The number of rotatable bonds is 6. The molecule has 4 nitrogen and oxygen atoms in total. The minimum Gasteiger partial charge on any atom is -0.465 e. The minimum atomic E-state index is -0.732. The second-order valence-corrected chi connectivity index (χ2v) is 7.07. The lowest BCUT2D eigenvalue weighted by atomic mass is 9.71. The smallest absolute Gasteiger partial charge is 0.323 e. The van der Waals surface area contributed by atoms with Gasteiger partial charge in [0.2, 0.25) is 0 Å². The fourth-order valence-electron chi connectivity index (χ4n) is 3.64. The maximum atomic E-state index is 12.3. The molecule has 0 saturated carbocycles. The van der Waals surface area contributed by atoms with Crippen molar-refractivity contribution in [1.82, 2.24) is 0 Å². The molecule has 0 aliphatic carbocycles. The van der Waals surface area contributed by atoms with E-state index in [1.807, 2.05) is 18.2 Å². The molecule has 1 aliphatic rings. The van der Waals surface area contributed by atoms with Gasteiger partial charge in [-0.3, -0.25) is 4.79 Å². The van der Waals surface area contributed by atoms with E-state index in [0.29, 0.717) is 19.6 Å². The second kappa shape index (κ2) is 8.30. The molecule has 130 valence electrons. The van der Waals surface area contributed by atoms with Gasteiger partial charge < -0.3 is 9.47 Å². The Morgan fingerprint density at radius 2 is 2.12 bits per heavy atom. The van der Waals surface area contributed by atoms with Gasteiger partial charge >= 0.3 is 5.97 Å². The number of hydrogen-bond acceptors (Lipinski definition) is 4. The zero-order valence-corrected chi connectivity index (χ0v) is 14.8. The van der Waals surface area contributed by atoms with E-state index in [1.54, 1.807) is 6.92 Å². The standard InChI is InChI=1S/C20H27NO3/c1-4-23-19(22)18(14-21)17(12-15-8-6-5-7-9-15)16-10-11-24-20(2,3)13-16/h5-9,16-18H,4,10-13H2,1-3H3. The molecule has 1 aliphatic heterocycles. The molecule has 1 fully saturated rings. The third-order valence-corrected chi connectivity index (χ3v) is 4.76. The predicted molar refractivity (Wildman–Crippen MR) is 92.1 cm³/mol. The summed E-state index contributed by atoms with van der Waals surface area (Å²) in [4.78, 5) is 12.3. The molecule has 0 radical (unpaired) electrons. The first-order valence-corrected chi connectivity index (χ1v) is 8.71. The Balaban J connectivity index is 2.26. The fraction of sp³-hybridized carbons (Fsp3) is 0.600. The first-order chi connectivity index (χ1) is 11.5. The van der Waals surface area contributed by atoms with Crippen LogP contribution in [0.2, 0.25) is 0 Å². The fourth-order valence-corrected chi connectivity index (χ4v) is 3.64. The third kappa shape index (κ3) is 4.82. The average molecular weight is 329 g/mol. The van der Waals surface area contributed by atoms with Crippen LogP contribution in [0, 0.1) is 29.1 Å². The van der Waals surface area contributed by atoms with Crippen LogP contribution in [0.4, 0.5) is 0 Å². The van der Waals surface area contributed by atoms with Gasteiger partial charge in [0.1, 0.15) is 5.92 Å². The van der Waals surface area contributed by atoms with Gasteiger partial charge in [0, 0.05) is 6.61 Å². The quantitative estimate of drug-likeness (QED) is 0.746. The first-order valence-electron chi connectivity index (χ1n) is 8.71. The lowest BCUT2D eigenvalue weighted by Crippen LogP contribution is -2.41. The van der Waals surface area contributed by atoms with Crippen molar-refractivity contribution in [2.24, 2.45) is 17.8 Å². The van der Waals surface area contributed by atoms with E-state index in [1.165, 1.54) is 0 Å². The highest BCUT2D eigenvalue weighted by molar-refractivity contribution is 5.75. The van der Waals surface area contributed by atoms with Crippen molar-refractivity contribution in [2.45, 2.75) is 45.6 Å². The maximum Gasteiger partial charge on any atom is 0.323 e. The van der Waals surface area contributed by atoms with Gasteiger partial charge in [-0.15, -0.1) is 0 Å². The summed E-state index contributed by atoms with van der Waals surface area (Å²) in [5, 5.41) is 9.65. The summed E-state index contributed by atoms with van der Waals surface area (Å²) in [6.45, 7) is 6.89. The number of benzene rings is 1. The summed E-state index contributed by atoms with van der Waals surface area (Å²) < 4.78 is 11.0. The van der Waals surface area contributed by atoms with Gasteiger partial charge in [-0.2, -0.15) is 5.26 Å². The van der Waals surface area contributed by atoms with Crippen LogP contribution in [-0.4, -0.2) is 24.8 Å². The van der Waals surface area contributed by atoms with Crippen molar-refractivity contribution in [3.05, 3.63) is 35.9 Å². The molecule has 0 bridgehead atoms. The monoisotopic (exact) mass is 329 g/mol. The normalized spacial score (nSPS) is 22.2. The van der Waals surface area contributed by atoms with Crippen LogP contribution >= 0.6 is 0 Å². The molecule has 2 rings (SSSR count). The topological polar surface area (TPSA) is 59.3 Å². The Kier molecular flexibility index (Phi) is 6.39. The van der Waals surface area contributed by atoms with Crippen LogP contribution in [0.3, 0.4) is 0 Å². The maximum absolute atomic E-state index is 12.3. The van der Waals surface area contributed by atoms with Crippen LogP contribution in [0.5, 0.6) is 0 Å². The number of esters is 1. The largest absolute Gasteiger partial charge is 0.465 e. The third-order valence-electron chi connectivity index (χ3n) is 4.76. The number of carbonyl (C=O) groups excluding carboxylic acids is 1. The number of nitrogens with zero attached hydrogens (tertiary/aromatic N) is 1. The molecule has 4 heteroatoms. The van der Waals surface area contributed by atoms with Gasteiger partial charge in [-0.25, -0.2) is 0 Å². The first kappa shape index (κ1) is 18.5. The molecule has 0 spiro atoms. The van der Waals surface area contributed by atoms with Crippen LogP contribution < -0.4 is 0 Å². The van der Waals surface area contributed by atoms with Crippen molar-refractivity contribution in [3.8, 4) is 6.07 Å². The van der Waals surface area contributed by atoms with Crippen molar-refractivity contribution in [1.29, 1.82) is 5.26 Å². The van der Waals surface area contributed by atoms with Gasteiger partial charge in [0.25, 0.3) is 0 Å². The van der Waals surface area contributed by atoms with E-state index in [0.717, 1.165) is 18.4 Å². The predicted octanol–water partition coefficient (Wildman–Crippen LogP) is 3.75. The molecular weight excluding hydrogens is 302 g/mol. The number of carbonyl (C=O) groups is 1. The summed E-state index contributed by atoms with van der Waals surface area (Å²) in [7, 11) is 0. The molecule has 1 aromatic rings. The number of ether oxygens (including phenoxy) is 2. The van der Waals surface area contributed by atoms with E-state index in [9.17, 15) is 10.1 Å². The average Bonchev–Trinajstić information content (AvgIpc) is 2.55. The highest BCUT2D eigenvalue weighted by atomic mass is 16.5. The Labute approximate surface area is 144 Å². The van der Waals surface area contributed by atoms with E-state index >= 15 is 0 Å². The molecule has 3 unspecified atom stereocenters. The van der Waals surface area contributed by atoms with Crippen molar-refractivity contribution in [3.63, 3.8) is 0 Å². The van der Waals surface area contributed by atoms with E-state index in [4.69, 9.17) is 9.47 Å². The molecule has 1 aromatic carbocycles. The second-order valence-electron chi connectivity index (χ2n) is 7.07. The summed E-state index contributed by atoms with van der Waals surface area (Å²) in [5.74, 6) is -0.920. The van der Waals surface area contributed by atoms with Gasteiger partial charge in [-0.05, 0) is 57.4 Å². The summed E-state index contributed by atoms with van der Waals surface area (Å²) in [5.41, 5.74) is 0.934. The summed E-state index contributed by atoms with van der Waals surface area (Å²) >= 11 is 0. The zero-order valence-electron chi connectivity index (χ0n) is 14.8. The summed E-state index contributed by atoms with van der Waals surface area (Å²) in [6.07, 6.45) is 2.43. The van der Waals surface area contributed by atoms with E-state index in [2.05, 4.69) is 32.0 Å². The van der Waals surface area contributed by atoms with Crippen LogP contribution in [-0.2, 0) is 20.7 Å². The number of nitriles is 1. The van der Waals surface area contributed by atoms with Gasteiger partial charge in [-0.1, -0.05) is 30.3 Å². The Hall–Kier alpha value is -1.86. The molecule has 3 atom stereocenters. The van der Waals surface area contributed by atoms with Crippen LogP contribution in [0.25, 0.3) is 0 Å². The van der Waals surface area contributed by atoms with Gasteiger partial charge in [0.15, 0.2) is 0 Å². The zero-order chi connectivity index (χ0) is 17.6. The van der Waals surface area contributed by atoms with Crippen LogP contribution in [0.15, 0.2) is 30.3 Å². The number of hydrogen-bond donors (Lipinski definition) is 0. The van der Waals surface area contributed by atoms with E-state index < -0.39 is 11.9 Å². The Bertz CT molecular complexity index is 576. The van der Waals surface area contributed by atoms with Crippen LogP contribution in [0.1, 0.15) is 39.2 Å². The lowest BCUT2D eigenvalue weighted by Gasteiger charge is -2.40. The molecule has 24 heavy (non-hydrogen) atoms. The van der Waals surface area contributed by atoms with Crippen molar-refractivity contribution < 1.29 is 14.3 Å².